The summed E-state index contributed by atoms with van der Waals surface area (Å²) in [5.74, 6) is -0.103. The second kappa shape index (κ2) is 5.82. The molecular weight excluding hydrogens is 341 g/mol. The summed E-state index contributed by atoms with van der Waals surface area (Å²) in [5, 5.41) is 9.47. The van der Waals surface area contributed by atoms with E-state index in [1.165, 1.54) is 22.1 Å². The Hall–Kier alpha value is -3.00. The number of carbonyl (C=O) groups excluding carboxylic acids is 1. The number of hydrogen-bond donors (Lipinski definition) is 2. The van der Waals surface area contributed by atoms with Crippen LogP contribution < -0.4 is 11.1 Å². The van der Waals surface area contributed by atoms with Crippen LogP contribution >= 0.6 is 11.3 Å². The van der Waals surface area contributed by atoms with Crippen LogP contribution in [0.25, 0.3) is 10.7 Å². The lowest BCUT2D eigenvalue weighted by atomic mass is 9.95. The third-order valence-electron chi connectivity index (χ3n) is 4.06. The number of amides is 1. The zero-order valence-corrected chi connectivity index (χ0v) is 14.0. The van der Waals surface area contributed by atoms with E-state index < -0.39 is 17.8 Å². The van der Waals surface area contributed by atoms with Crippen molar-refractivity contribution >= 4 is 23.2 Å². The van der Waals surface area contributed by atoms with Gasteiger partial charge < -0.3 is 11.1 Å². The van der Waals surface area contributed by atoms with Crippen LogP contribution in [0.5, 0.6) is 0 Å². The highest BCUT2D eigenvalue weighted by atomic mass is 32.1. The molecule has 6 nitrogen and oxygen atoms in total. The van der Waals surface area contributed by atoms with Crippen molar-refractivity contribution in [3.63, 3.8) is 0 Å². The molecule has 0 radical (unpaired) electrons. The zero-order chi connectivity index (χ0) is 17.6. The number of nitrogens with two attached hydrogens (primary N) is 1. The summed E-state index contributed by atoms with van der Waals surface area (Å²) in [7, 11) is 0. The van der Waals surface area contributed by atoms with E-state index in [2.05, 4.69) is 15.4 Å². The molecule has 3 N–H and O–H groups in total. The average Bonchev–Trinajstić information content (AvgIpc) is 3.22. The topological polar surface area (TPSA) is 85.8 Å². The minimum Gasteiger partial charge on any atom is -0.366 e. The maximum Gasteiger partial charge on any atom is 0.248 e. The standard InChI is InChI=1S/C17H14FN5OS/c1-9-13(15(19)24)14(10-5-2-3-6-11(10)18)23-17(20-9)21-16(22-23)12-7-4-8-25-12/h2-8,14H,1H3,(H2,19,24)(H,20,21,22). The molecule has 0 fully saturated rings. The van der Waals surface area contributed by atoms with Crippen molar-refractivity contribution in [1.29, 1.82) is 0 Å². The first kappa shape index (κ1) is 15.5. The summed E-state index contributed by atoms with van der Waals surface area (Å²) >= 11 is 1.50. The molecule has 25 heavy (non-hydrogen) atoms. The smallest absolute Gasteiger partial charge is 0.248 e. The van der Waals surface area contributed by atoms with Crippen LogP contribution in [0.3, 0.4) is 0 Å². The Labute approximate surface area is 146 Å². The van der Waals surface area contributed by atoms with Crippen LogP contribution in [-0.2, 0) is 4.79 Å². The maximum atomic E-state index is 14.5. The molecule has 8 heteroatoms. The number of halogens is 1. The molecule has 3 heterocycles. The number of nitrogens with zero attached hydrogens (tertiary/aromatic N) is 3. The number of carbonyl (C=O) groups is 1. The number of hydrogen-bond acceptors (Lipinski definition) is 5. The van der Waals surface area contributed by atoms with Crippen molar-refractivity contribution in [3.05, 3.63) is 64.4 Å². The van der Waals surface area contributed by atoms with Crippen LogP contribution in [0.4, 0.5) is 10.3 Å². The van der Waals surface area contributed by atoms with Crippen molar-refractivity contribution in [2.75, 3.05) is 5.32 Å². The highest BCUT2D eigenvalue weighted by Crippen LogP contribution is 2.37. The van der Waals surface area contributed by atoms with Gasteiger partial charge in [-0.05, 0) is 24.4 Å². The number of nitrogens with one attached hydrogen (secondary N) is 1. The van der Waals surface area contributed by atoms with Crippen LogP contribution in [0.1, 0.15) is 18.5 Å². The molecule has 0 bridgehead atoms. The van der Waals surface area contributed by atoms with Gasteiger partial charge in [0.2, 0.25) is 11.9 Å². The molecule has 1 aliphatic rings. The monoisotopic (exact) mass is 355 g/mol. The second-order valence-corrected chi connectivity index (χ2v) is 6.58. The van der Waals surface area contributed by atoms with Gasteiger partial charge in [-0.1, -0.05) is 24.3 Å². The molecule has 0 aliphatic carbocycles. The van der Waals surface area contributed by atoms with E-state index in [-0.39, 0.29) is 5.57 Å². The lowest BCUT2D eigenvalue weighted by Gasteiger charge is -2.27. The number of thiophene rings is 1. The van der Waals surface area contributed by atoms with E-state index in [0.717, 1.165) is 4.88 Å². The number of anilines is 1. The van der Waals surface area contributed by atoms with Gasteiger partial charge in [0.25, 0.3) is 0 Å². The quantitative estimate of drug-likeness (QED) is 0.756. The SMILES string of the molecule is CC1=C(C(N)=O)C(c2ccccc2F)n2nc(-c3cccs3)nc2N1. The molecule has 0 saturated heterocycles. The summed E-state index contributed by atoms with van der Waals surface area (Å²) < 4.78 is 16.0. The fourth-order valence-corrected chi connectivity index (χ4v) is 3.62. The Balaban J connectivity index is 1.93. The van der Waals surface area contributed by atoms with Crippen molar-refractivity contribution in [2.45, 2.75) is 13.0 Å². The Bertz CT molecular complexity index is 992. The normalized spacial score (nSPS) is 16.5. The molecule has 126 valence electrons. The van der Waals surface area contributed by atoms with Crippen LogP contribution in [0.15, 0.2) is 53.0 Å². The van der Waals surface area contributed by atoms with Gasteiger partial charge >= 0.3 is 0 Å². The lowest BCUT2D eigenvalue weighted by Crippen LogP contribution is -2.32. The Kier molecular flexibility index (Phi) is 3.61. The molecule has 1 aliphatic heterocycles. The first-order chi connectivity index (χ1) is 12.1. The molecule has 1 amide bonds. The number of allylic oxidation sites excluding steroid dienone is 1. The fraction of sp³-hybridized carbons (Fsp3) is 0.118. The summed E-state index contributed by atoms with van der Waals surface area (Å²) in [5.41, 5.74) is 6.70. The first-order valence-electron chi connectivity index (χ1n) is 7.58. The number of benzene rings is 1. The molecule has 4 rings (SSSR count). The van der Waals surface area contributed by atoms with Gasteiger partial charge in [0.05, 0.1) is 10.5 Å². The lowest BCUT2D eigenvalue weighted by molar-refractivity contribution is -0.115. The van der Waals surface area contributed by atoms with E-state index in [0.29, 0.717) is 23.0 Å². The van der Waals surface area contributed by atoms with Crippen molar-refractivity contribution in [2.24, 2.45) is 5.73 Å². The van der Waals surface area contributed by atoms with Gasteiger partial charge in [-0.3, -0.25) is 4.79 Å². The summed E-state index contributed by atoms with van der Waals surface area (Å²) in [6, 6.07) is 9.32. The maximum absolute atomic E-state index is 14.5. The Morgan fingerprint density at radius 3 is 2.80 bits per heavy atom. The van der Waals surface area contributed by atoms with E-state index in [4.69, 9.17) is 5.73 Å². The Morgan fingerprint density at radius 1 is 1.32 bits per heavy atom. The predicted molar refractivity (Wildman–Crippen MR) is 93.4 cm³/mol. The van der Waals surface area contributed by atoms with Crippen LogP contribution in [0.2, 0.25) is 0 Å². The van der Waals surface area contributed by atoms with Crippen molar-refractivity contribution in [3.8, 4) is 10.7 Å². The average molecular weight is 355 g/mol. The fourth-order valence-electron chi connectivity index (χ4n) is 2.96. The highest BCUT2D eigenvalue weighted by Gasteiger charge is 2.34. The Morgan fingerprint density at radius 2 is 2.12 bits per heavy atom. The molecule has 0 spiro atoms. The van der Waals surface area contributed by atoms with Crippen molar-refractivity contribution in [1.82, 2.24) is 14.8 Å². The van der Waals surface area contributed by atoms with Gasteiger partial charge in [0.1, 0.15) is 11.9 Å². The van der Waals surface area contributed by atoms with E-state index in [1.807, 2.05) is 17.5 Å². The molecular formula is C17H14FN5OS. The van der Waals surface area contributed by atoms with Gasteiger partial charge in [-0.2, -0.15) is 4.98 Å². The van der Waals surface area contributed by atoms with Gasteiger partial charge in [0, 0.05) is 11.3 Å². The van der Waals surface area contributed by atoms with Gasteiger partial charge in [-0.15, -0.1) is 16.4 Å². The number of primary amides is 1. The van der Waals surface area contributed by atoms with Gasteiger partial charge in [-0.25, -0.2) is 9.07 Å². The summed E-state index contributed by atoms with van der Waals surface area (Å²) in [6.45, 7) is 1.72. The van der Waals surface area contributed by atoms with Crippen LogP contribution in [0, 0.1) is 5.82 Å². The van der Waals surface area contributed by atoms with Crippen LogP contribution in [-0.4, -0.2) is 20.7 Å². The molecule has 3 aromatic rings. The number of aromatic nitrogens is 3. The largest absolute Gasteiger partial charge is 0.366 e. The summed E-state index contributed by atoms with van der Waals surface area (Å²) in [4.78, 5) is 17.4. The van der Waals surface area contributed by atoms with E-state index >= 15 is 0 Å². The van der Waals surface area contributed by atoms with E-state index in [1.54, 1.807) is 25.1 Å². The highest BCUT2D eigenvalue weighted by molar-refractivity contribution is 7.13. The number of fused-ring (bicyclic) bond motifs is 1. The predicted octanol–water partition coefficient (Wildman–Crippen LogP) is 2.92. The van der Waals surface area contributed by atoms with Gasteiger partial charge in [0.15, 0.2) is 5.82 Å². The van der Waals surface area contributed by atoms with Crippen molar-refractivity contribution < 1.29 is 9.18 Å². The third-order valence-corrected chi connectivity index (χ3v) is 4.93. The molecule has 1 atom stereocenters. The number of rotatable bonds is 3. The minimum atomic E-state index is -0.767. The third kappa shape index (κ3) is 2.51. The molecule has 1 unspecified atom stereocenters. The second-order valence-electron chi connectivity index (χ2n) is 5.63. The summed E-state index contributed by atoms with van der Waals surface area (Å²) in [6.07, 6.45) is 0. The minimum absolute atomic E-state index is 0.264. The van der Waals surface area contributed by atoms with E-state index in [9.17, 15) is 9.18 Å². The molecule has 2 aromatic heterocycles. The molecule has 0 saturated carbocycles. The first-order valence-corrected chi connectivity index (χ1v) is 8.46. The zero-order valence-electron chi connectivity index (χ0n) is 13.2. The molecule has 1 aromatic carbocycles.